The van der Waals surface area contributed by atoms with Crippen LogP contribution in [0.15, 0.2) is 0 Å². The Kier molecular flexibility index (Phi) is 7.29. The van der Waals surface area contributed by atoms with Crippen molar-refractivity contribution in [1.82, 2.24) is 4.90 Å². The van der Waals surface area contributed by atoms with E-state index in [1.165, 1.54) is 0 Å². The maximum Gasteiger partial charge on any atom is 0.323 e. The fourth-order valence-corrected chi connectivity index (χ4v) is 1.26. The summed E-state index contributed by atoms with van der Waals surface area (Å²) in [4.78, 5) is 13.0. The zero-order chi connectivity index (χ0) is 12.6. The SMILES string of the molecule is CCOCCN(CC)CCC(C)(N)C(=O)O. The number of carbonyl (C=O) groups is 1. The second-order valence-corrected chi connectivity index (χ2v) is 4.10. The van der Waals surface area contributed by atoms with Crippen LogP contribution in [0.25, 0.3) is 0 Å². The molecule has 0 aromatic rings. The van der Waals surface area contributed by atoms with Gasteiger partial charge in [0.05, 0.1) is 6.61 Å². The lowest BCUT2D eigenvalue weighted by atomic mass is 9.99. The Hall–Kier alpha value is -0.650. The highest BCUT2D eigenvalue weighted by Crippen LogP contribution is 2.07. The van der Waals surface area contributed by atoms with E-state index in [2.05, 4.69) is 4.90 Å². The van der Waals surface area contributed by atoms with E-state index in [-0.39, 0.29) is 0 Å². The molecule has 0 spiro atoms. The molecule has 0 aliphatic heterocycles. The number of hydrogen-bond acceptors (Lipinski definition) is 4. The van der Waals surface area contributed by atoms with Gasteiger partial charge in [-0.15, -0.1) is 0 Å². The highest BCUT2D eigenvalue weighted by atomic mass is 16.5. The van der Waals surface area contributed by atoms with E-state index >= 15 is 0 Å². The van der Waals surface area contributed by atoms with E-state index in [9.17, 15) is 4.79 Å². The molecule has 0 aliphatic rings. The predicted octanol–water partition coefficient (Wildman–Crippen LogP) is 0.537. The molecule has 3 N–H and O–H groups in total. The number of nitrogens with zero attached hydrogens (tertiary/aromatic N) is 1. The number of ether oxygens (including phenoxy) is 1. The van der Waals surface area contributed by atoms with Crippen molar-refractivity contribution in [2.45, 2.75) is 32.7 Å². The number of rotatable bonds is 9. The molecule has 0 aromatic heterocycles. The third kappa shape index (κ3) is 6.05. The van der Waals surface area contributed by atoms with Crippen LogP contribution in [0.4, 0.5) is 0 Å². The molecule has 0 rings (SSSR count). The summed E-state index contributed by atoms with van der Waals surface area (Å²) in [6.45, 7) is 9.32. The van der Waals surface area contributed by atoms with Crippen molar-refractivity contribution >= 4 is 5.97 Å². The van der Waals surface area contributed by atoms with Crippen LogP contribution in [0.3, 0.4) is 0 Å². The summed E-state index contributed by atoms with van der Waals surface area (Å²) in [5.74, 6) is -0.951. The van der Waals surface area contributed by atoms with Crippen LogP contribution >= 0.6 is 0 Å². The van der Waals surface area contributed by atoms with E-state index in [0.29, 0.717) is 26.2 Å². The maximum atomic E-state index is 10.8. The standard InChI is InChI=1S/C11H24N2O3/c1-4-13(8-9-16-5-2)7-6-11(3,12)10(14)15/h4-9,12H2,1-3H3,(H,14,15). The maximum absolute atomic E-state index is 10.8. The Balaban J connectivity index is 3.90. The first-order valence-corrected chi connectivity index (χ1v) is 5.76. The van der Waals surface area contributed by atoms with Crippen molar-refractivity contribution < 1.29 is 14.6 Å². The second-order valence-electron chi connectivity index (χ2n) is 4.10. The van der Waals surface area contributed by atoms with Crippen LogP contribution in [-0.2, 0) is 9.53 Å². The highest BCUT2D eigenvalue weighted by Gasteiger charge is 2.27. The average Bonchev–Trinajstić information content (AvgIpc) is 2.23. The van der Waals surface area contributed by atoms with Crippen molar-refractivity contribution in [2.75, 3.05) is 32.8 Å². The Bertz CT molecular complexity index is 207. The summed E-state index contributed by atoms with van der Waals surface area (Å²) in [7, 11) is 0. The van der Waals surface area contributed by atoms with Crippen molar-refractivity contribution in [3.63, 3.8) is 0 Å². The largest absolute Gasteiger partial charge is 0.480 e. The molecule has 1 unspecified atom stereocenters. The molecule has 0 aromatic carbocycles. The molecular weight excluding hydrogens is 208 g/mol. The van der Waals surface area contributed by atoms with Crippen LogP contribution in [-0.4, -0.2) is 54.4 Å². The zero-order valence-electron chi connectivity index (χ0n) is 10.5. The first-order chi connectivity index (χ1) is 7.44. The van der Waals surface area contributed by atoms with Gasteiger partial charge in [-0.05, 0) is 26.8 Å². The van der Waals surface area contributed by atoms with Gasteiger partial charge in [0.1, 0.15) is 5.54 Å². The van der Waals surface area contributed by atoms with E-state index in [1.807, 2.05) is 13.8 Å². The summed E-state index contributed by atoms with van der Waals surface area (Å²) in [5, 5.41) is 8.87. The third-order valence-corrected chi connectivity index (χ3v) is 2.64. The molecule has 5 nitrogen and oxygen atoms in total. The molecule has 0 saturated heterocycles. The zero-order valence-corrected chi connectivity index (χ0v) is 10.5. The third-order valence-electron chi connectivity index (χ3n) is 2.64. The molecule has 0 bridgehead atoms. The first-order valence-electron chi connectivity index (χ1n) is 5.76. The molecule has 5 heteroatoms. The summed E-state index contributed by atoms with van der Waals surface area (Å²) in [6, 6.07) is 0. The molecule has 16 heavy (non-hydrogen) atoms. The molecule has 0 heterocycles. The second kappa shape index (κ2) is 7.60. The van der Waals surface area contributed by atoms with Crippen LogP contribution in [0.5, 0.6) is 0 Å². The van der Waals surface area contributed by atoms with Gasteiger partial charge in [-0.1, -0.05) is 6.92 Å². The summed E-state index contributed by atoms with van der Waals surface area (Å²) >= 11 is 0. The van der Waals surface area contributed by atoms with E-state index in [1.54, 1.807) is 6.92 Å². The predicted molar refractivity (Wildman–Crippen MR) is 63.5 cm³/mol. The van der Waals surface area contributed by atoms with Crippen molar-refractivity contribution in [2.24, 2.45) is 5.73 Å². The van der Waals surface area contributed by atoms with Crippen molar-refractivity contribution in [3.05, 3.63) is 0 Å². The van der Waals surface area contributed by atoms with Gasteiger partial charge >= 0.3 is 5.97 Å². The van der Waals surface area contributed by atoms with Gasteiger partial charge in [-0.2, -0.15) is 0 Å². The van der Waals surface area contributed by atoms with Crippen LogP contribution in [0.2, 0.25) is 0 Å². The molecule has 96 valence electrons. The molecule has 0 radical (unpaired) electrons. The molecule has 0 aliphatic carbocycles. The fraction of sp³-hybridized carbons (Fsp3) is 0.909. The Labute approximate surface area is 97.6 Å². The normalized spacial score (nSPS) is 15.1. The quantitative estimate of drug-likeness (QED) is 0.567. The van der Waals surface area contributed by atoms with Crippen molar-refractivity contribution in [3.8, 4) is 0 Å². The number of likely N-dealkylation sites (N-methyl/N-ethyl adjacent to an activating group) is 1. The Morgan fingerprint density at radius 2 is 2.06 bits per heavy atom. The molecule has 1 atom stereocenters. The highest BCUT2D eigenvalue weighted by molar-refractivity contribution is 5.77. The average molecular weight is 232 g/mol. The van der Waals surface area contributed by atoms with E-state index < -0.39 is 11.5 Å². The molecular formula is C11H24N2O3. The topological polar surface area (TPSA) is 75.8 Å². The van der Waals surface area contributed by atoms with Gasteiger partial charge in [-0.3, -0.25) is 4.79 Å². The van der Waals surface area contributed by atoms with Gasteiger partial charge in [-0.25, -0.2) is 0 Å². The first kappa shape index (κ1) is 15.3. The number of nitrogens with two attached hydrogens (primary N) is 1. The minimum atomic E-state index is -1.14. The number of aliphatic carboxylic acids is 1. The van der Waals surface area contributed by atoms with E-state index in [4.69, 9.17) is 15.6 Å². The lowest BCUT2D eigenvalue weighted by Crippen LogP contribution is -2.47. The molecule has 0 fully saturated rings. The fourth-order valence-electron chi connectivity index (χ4n) is 1.26. The van der Waals surface area contributed by atoms with Crippen LogP contribution in [0, 0.1) is 0 Å². The van der Waals surface area contributed by atoms with Crippen molar-refractivity contribution in [1.29, 1.82) is 0 Å². The van der Waals surface area contributed by atoms with Gasteiger partial charge in [0.15, 0.2) is 0 Å². The minimum absolute atomic E-state index is 0.447. The monoisotopic (exact) mass is 232 g/mol. The summed E-state index contributed by atoms with van der Waals surface area (Å²) in [6.07, 6.45) is 0.447. The molecule has 0 amide bonds. The van der Waals surface area contributed by atoms with Gasteiger partial charge < -0.3 is 20.5 Å². The Morgan fingerprint density at radius 3 is 2.50 bits per heavy atom. The lowest BCUT2D eigenvalue weighted by molar-refractivity contribution is -0.143. The van der Waals surface area contributed by atoms with E-state index in [0.717, 1.165) is 13.1 Å². The van der Waals surface area contributed by atoms with Gasteiger partial charge in [0.2, 0.25) is 0 Å². The summed E-state index contributed by atoms with van der Waals surface area (Å²) in [5.41, 5.74) is 4.52. The van der Waals surface area contributed by atoms with Crippen LogP contribution in [0.1, 0.15) is 27.2 Å². The summed E-state index contributed by atoms with van der Waals surface area (Å²) < 4.78 is 5.26. The lowest BCUT2D eigenvalue weighted by Gasteiger charge is -2.25. The molecule has 0 saturated carbocycles. The minimum Gasteiger partial charge on any atom is -0.480 e. The number of carboxylic acid groups (broad SMARTS) is 1. The van der Waals surface area contributed by atoms with Gasteiger partial charge in [0, 0.05) is 19.7 Å². The Morgan fingerprint density at radius 1 is 1.44 bits per heavy atom. The van der Waals surface area contributed by atoms with Crippen LogP contribution < -0.4 is 5.73 Å². The smallest absolute Gasteiger partial charge is 0.323 e. The number of hydrogen-bond donors (Lipinski definition) is 2. The van der Waals surface area contributed by atoms with Gasteiger partial charge in [0.25, 0.3) is 0 Å². The number of carboxylic acids is 1.